The Morgan fingerprint density at radius 2 is 1.85 bits per heavy atom. The SMILES string of the molecule is Nc1cc(C(=O)OCc2c(Cl)cccc2Cl)ccc1F. The van der Waals surface area contributed by atoms with E-state index in [1.165, 1.54) is 12.1 Å². The molecular weight excluding hydrogens is 304 g/mol. The number of carbonyl (C=O) groups excluding carboxylic acids is 1. The van der Waals surface area contributed by atoms with Gasteiger partial charge >= 0.3 is 5.97 Å². The van der Waals surface area contributed by atoms with Gasteiger partial charge in [-0.05, 0) is 30.3 Å². The smallest absolute Gasteiger partial charge is 0.338 e. The Hall–Kier alpha value is -1.78. The fourth-order valence-electron chi connectivity index (χ4n) is 1.56. The van der Waals surface area contributed by atoms with Crippen molar-refractivity contribution in [3.63, 3.8) is 0 Å². The molecule has 2 aromatic carbocycles. The second-order valence-electron chi connectivity index (χ2n) is 4.01. The topological polar surface area (TPSA) is 52.3 Å². The van der Waals surface area contributed by atoms with Gasteiger partial charge in [-0.1, -0.05) is 29.3 Å². The average Bonchev–Trinajstić information content (AvgIpc) is 2.41. The van der Waals surface area contributed by atoms with Crippen LogP contribution in [0.2, 0.25) is 10.0 Å². The summed E-state index contributed by atoms with van der Waals surface area (Å²) in [7, 11) is 0. The summed E-state index contributed by atoms with van der Waals surface area (Å²) in [6.45, 7) is -0.0748. The predicted molar refractivity (Wildman–Crippen MR) is 76.4 cm³/mol. The van der Waals surface area contributed by atoms with Crippen LogP contribution in [0.3, 0.4) is 0 Å². The first-order valence-corrected chi connectivity index (χ1v) is 6.39. The first kappa shape index (κ1) is 14.6. The van der Waals surface area contributed by atoms with Crippen LogP contribution in [0.1, 0.15) is 15.9 Å². The third-order valence-electron chi connectivity index (χ3n) is 2.64. The number of rotatable bonds is 3. The Balaban J connectivity index is 2.11. The van der Waals surface area contributed by atoms with E-state index in [-0.39, 0.29) is 17.9 Å². The zero-order valence-corrected chi connectivity index (χ0v) is 11.7. The maximum Gasteiger partial charge on any atom is 0.338 e. The highest BCUT2D eigenvalue weighted by Crippen LogP contribution is 2.25. The summed E-state index contributed by atoms with van der Waals surface area (Å²) in [5.41, 5.74) is 5.95. The van der Waals surface area contributed by atoms with Crippen molar-refractivity contribution in [1.29, 1.82) is 0 Å². The van der Waals surface area contributed by atoms with Gasteiger partial charge in [-0.3, -0.25) is 0 Å². The first-order chi connectivity index (χ1) is 9.49. The number of halogens is 3. The number of nitrogen functional groups attached to an aromatic ring is 1. The van der Waals surface area contributed by atoms with Gasteiger partial charge in [0, 0.05) is 15.6 Å². The van der Waals surface area contributed by atoms with E-state index < -0.39 is 11.8 Å². The standard InChI is InChI=1S/C14H10Cl2FNO2/c15-10-2-1-3-11(16)9(10)7-20-14(19)8-4-5-12(17)13(18)6-8/h1-6H,7,18H2. The maximum atomic E-state index is 13.0. The molecule has 0 saturated heterocycles. The number of ether oxygens (including phenoxy) is 1. The molecule has 0 amide bonds. The van der Waals surface area contributed by atoms with Crippen molar-refractivity contribution < 1.29 is 13.9 Å². The lowest BCUT2D eigenvalue weighted by Gasteiger charge is -2.08. The molecule has 0 aromatic heterocycles. The summed E-state index contributed by atoms with van der Waals surface area (Å²) in [5.74, 6) is -1.22. The van der Waals surface area contributed by atoms with Crippen LogP contribution in [0.5, 0.6) is 0 Å². The summed E-state index contributed by atoms with van der Waals surface area (Å²) < 4.78 is 18.1. The molecule has 6 heteroatoms. The molecule has 0 aliphatic heterocycles. The van der Waals surface area contributed by atoms with Crippen molar-refractivity contribution in [2.45, 2.75) is 6.61 Å². The molecule has 0 radical (unpaired) electrons. The van der Waals surface area contributed by atoms with Crippen LogP contribution >= 0.6 is 23.2 Å². The van der Waals surface area contributed by atoms with E-state index in [0.717, 1.165) is 6.07 Å². The molecule has 0 saturated carbocycles. The van der Waals surface area contributed by atoms with Gasteiger partial charge in [0.25, 0.3) is 0 Å². The van der Waals surface area contributed by atoms with Crippen LogP contribution in [-0.4, -0.2) is 5.97 Å². The highest BCUT2D eigenvalue weighted by Gasteiger charge is 2.12. The Bertz CT molecular complexity index is 641. The normalized spacial score (nSPS) is 10.3. The van der Waals surface area contributed by atoms with Crippen LogP contribution in [0.25, 0.3) is 0 Å². The summed E-state index contributed by atoms with van der Waals surface area (Å²) in [5, 5.41) is 0.813. The fourth-order valence-corrected chi connectivity index (χ4v) is 2.07. The minimum Gasteiger partial charge on any atom is -0.457 e. The lowest BCUT2D eigenvalue weighted by atomic mass is 10.2. The lowest BCUT2D eigenvalue weighted by molar-refractivity contribution is 0.0473. The molecule has 2 aromatic rings. The van der Waals surface area contributed by atoms with Gasteiger partial charge in [0.2, 0.25) is 0 Å². The molecule has 0 atom stereocenters. The Morgan fingerprint density at radius 1 is 1.20 bits per heavy atom. The third-order valence-corrected chi connectivity index (χ3v) is 3.35. The van der Waals surface area contributed by atoms with Gasteiger partial charge in [0.05, 0.1) is 11.3 Å². The van der Waals surface area contributed by atoms with Crippen molar-refractivity contribution >= 4 is 34.9 Å². The summed E-state index contributed by atoms with van der Waals surface area (Å²) >= 11 is 11.9. The van der Waals surface area contributed by atoms with Crippen molar-refractivity contribution in [1.82, 2.24) is 0 Å². The van der Waals surface area contributed by atoms with Gasteiger partial charge in [-0.25, -0.2) is 9.18 Å². The van der Waals surface area contributed by atoms with Crippen LogP contribution < -0.4 is 5.73 Å². The Morgan fingerprint density at radius 3 is 2.45 bits per heavy atom. The maximum absolute atomic E-state index is 13.0. The zero-order valence-electron chi connectivity index (χ0n) is 10.2. The van der Waals surface area contributed by atoms with Crippen LogP contribution in [0.4, 0.5) is 10.1 Å². The second-order valence-corrected chi connectivity index (χ2v) is 4.83. The quantitative estimate of drug-likeness (QED) is 0.686. The van der Waals surface area contributed by atoms with E-state index in [2.05, 4.69) is 0 Å². The van der Waals surface area contributed by atoms with Crippen LogP contribution in [-0.2, 0) is 11.3 Å². The van der Waals surface area contributed by atoms with Gasteiger partial charge in [-0.15, -0.1) is 0 Å². The summed E-state index contributed by atoms with van der Waals surface area (Å²) in [6, 6.07) is 8.60. The molecule has 2 N–H and O–H groups in total. The van der Waals surface area contributed by atoms with E-state index in [9.17, 15) is 9.18 Å². The van der Waals surface area contributed by atoms with E-state index >= 15 is 0 Å². The lowest BCUT2D eigenvalue weighted by Crippen LogP contribution is -2.07. The predicted octanol–water partition coefficient (Wildman–Crippen LogP) is 4.07. The number of nitrogens with two attached hydrogens (primary N) is 1. The average molecular weight is 314 g/mol. The number of hydrogen-bond donors (Lipinski definition) is 1. The molecule has 20 heavy (non-hydrogen) atoms. The van der Waals surface area contributed by atoms with Gasteiger partial charge in [-0.2, -0.15) is 0 Å². The minimum absolute atomic E-state index is 0.0748. The third kappa shape index (κ3) is 3.21. The van der Waals surface area contributed by atoms with Gasteiger partial charge < -0.3 is 10.5 Å². The number of esters is 1. The molecule has 2 rings (SSSR count). The zero-order chi connectivity index (χ0) is 14.7. The highest BCUT2D eigenvalue weighted by atomic mass is 35.5. The van der Waals surface area contributed by atoms with Crippen molar-refractivity contribution in [2.24, 2.45) is 0 Å². The number of carbonyl (C=O) groups is 1. The van der Waals surface area contributed by atoms with Crippen molar-refractivity contribution in [3.8, 4) is 0 Å². The minimum atomic E-state index is -0.632. The Labute approximate surface area is 125 Å². The molecular formula is C14H10Cl2FNO2. The van der Waals surface area contributed by atoms with Crippen LogP contribution in [0.15, 0.2) is 36.4 Å². The number of benzene rings is 2. The number of hydrogen-bond acceptors (Lipinski definition) is 3. The summed E-state index contributed by atoms with van der Waals surface area (Å²) in [6.07, 6.45) is 0. The van der Waals surface area contributed by atoms with Gasteiger partial charge in [0.1, 0.15) is 12.4 Å². The molecule has 0 bridgehead atoms. The van der Waals surface area contributed by atoms with Gasteiger partial charge in [0.15, 0.2) is 0 Å². The number of anilines is 1. The van der Waals surface area contributed by atoms with Crippen molar-refractivity contribution in [3.05, 3.63) is 63.4 Å². The molecule has 0 heterocycles. The molecule has 3 nitrogen and oxygen atoms in total. The Kier molecular flexibility index (Phi) is 4.47. The van der Waals surface area contributed by atoms with E-state index in [1.807, 2.05) is 0 Å². The fraction of sp³-hybridized carbons (Fsp3) is 0.0714. The monoisotopic (exact) mass is 313 g/mol. The largest absolute Gasteiger partial charge is 0.457 e. The molecule has 0 aliphatic carbocycles. The first-order valence-electron chi connectivity index (χ1n) is 5.64. The highest BCUT2D eigenvalue weighted by molar-refractivity contribution is 6.35. The second kappa shape index (κ2) is 6.11. The molecule has 104 valence electrons. The van der Waals surface area contributed by atoms with E-state index in [4.69, 9.17) is 33.7 Å². The van der Waals surface area contributed by atoms with E-state index in [1.54, 1.807) is 18.2 Å². The molecule has 0 aliphatic rings. The van der Waals surface area contributed by atoms with E-state index in [0.29, 0.717) is 15.6 Å². The van der Waals surface area contributed by atoms with Crippen molar-refractivity contribution in [2.75, 3.05) is 5.73 Å². The molecule has 0 spiro atoms. The molecule has 0 fully saturated rings. The molecule has 0 unspecified atom stereocenters. The summed E-state index contributed by atoms with van der Waals surface area (Å²) in [4.78, 5) is 11.8. The van der Waals surface area contributed by atoms with Crippen LogP contribution in [0, 0.1) is 5.82 Å².